The third-order valence-electron chi connectivity index (χ3n) is 5.36. The highest BCUT2D eigenvalue weighted by Gasteiger charge is 2.55. The molecule has 1 N–H and O–H groups in total. The van der Waals surface area contributed by atoms with Gasteiger partial charge in [0.15, 0.2) is 5.69 Å². The minimum Gasteiger partial charge on any atom is -0.388 e. The summed E-state index contributed by atoms with van der Waals surface area (Å²) in [7, 11) is 0. The molecule has 138 valence electrons. The molecular formula is C18H17ClF3N3O. The average molecular weight is 384 g/mol. The second kappa shape index (κ2) is 6.09. The molecule has 3 heterocycles. The van der Waals surface area contributed by atoms with E-state index in [0.717, 1.165) is 24.6 Å². The maximum atomic E-state index is 13.2. The summed E-state index contributed by atoms with van der Waals surface area (Å²) in [6, 6.07) is 4.94. The van der Waals surface area contributed by atoms with Crippen LogP contribution < -0.4 is 4.90 Å². The molecule has 1 saturated carbocycles. The Bertz CT molecular complexity index is 801. The fourth-order valence-electron chi connectivity index (χ4n) is 4.18. The Morgan fingerprint density at radius 3 is 2.62 bits per heavy atom. The van der Waals surface area contributed by atoms with E-state index in [4.69, 9.17) is 11.6 Å². The molecule has 1 spiro atoms. The van der Waals surface area contributed by atoms with E-state index < -0.39 is 18.0 Å². The lowest BCUT2D eigenvalue weighted by atomic mass is 9.55. The zero-order valence-electron chi connectivity index (χ0n) is 13.7. The molecule has 0 radical (unpaired) electrons. The summed E-state index contributed by atoms with van der Waals surface area (Å²) in [6.07, 6.45) is 0.801. The molecule has 26 heavy (non-hydrogen) atoms. The van der Waals surface area contributed by atoms with Crippen LogP contribution in [0.15, 0.2) is 36.8 Å². The van der Waals surface area contributed by atoms with E-state index in [0.29, 0.717) is 13.1 Å². The number of rotatable bonds is 3. The van der Waals surface area contributed by atoms with Crippen LogP contribution in [0.25, 0.3) is 0 Å². The third kappa shape index (κ3) is 3.03. The average Bonchev–Trinajstić information content (AvgIpc) is 2.52. The molecule has 2 aliphatic rings. The van der Waals surface area contributed by atoms with E-state index >= 15 is 0 Å². The molecule has 0 aromatic carbocycles. The highest BCUT2D eigenvalue weighted by Crippen LogP contribution is 2.57. The van der Waals surface area contributed by atoms with Crippen LogP contribution in [-0.2, 0) is 6.18 Å². The first-order valence-electron chi connectivity index (χ1n) is 8.33. The first kappa shape index (κ1) is 17.5. The van der Waals surface area contributed by atoms with Gasteiger partial charge in [0.2, 0.25) is 0 Å². The van der Waals surface area contributed by atoms with E-state index in [9.17, 15) is 18.3 Å². The van der Waals surface area contributed by atoms with Crippen LogP contribution in [0, 0.1) is 11.3 Å². The van der Waals surface area contributed by atoms with Crippen molar-refractivity contribution in [2.75, 3.05) is 18.0 Å². The molecule has 2 fully saturated rings. The van der Waals surface area contributed by atoms with E-state index in [2.05, 4.69) is 9.97 Å². The van der Waals surface area contributed by atoms with Gasteiger partial charge in [0.05, 0.1) is 16.8 Å². The van der Waals surface area contributed by atoms with Crippen LogP contribution in [0.2, 0.25) is 5.02 Å². The monoisotopic (exact) mass is 383 g/mol. The normalized spacial score (nSPS) is 20.6. The smallest absolute Gasteiger partial charge is 0.388 e. The number of alkyl halides is 3. The molecule has 2 aromatic heterocycles. The lowest BCUT2D eigenvalue weighted by Crippen LogP contribution is -2.63. The van der Waals surface area contributed by atoms with Gasteiger partial charge in [-0.05, 0) is 36.5 Å². The van der Waals surface area contributed by atoms with E-state index in [1.165, 1.54) is 6.07 Å². The second-order valence-electron chi connectivity index (χ2n) is 7.27. The van der Waals surface area contributed by atoms with Crippen molar-refractivity contribution in [3.05, 3.63) is 53.1 Å². The summed E-state index contributed by atoms with van der Waals surface area (Å²) in [5, 5.41) is 10.6. The number of halogens is 4. The van der Waals surface area contributed by atoms with Crippen molar-refractivity contribution < 1.29 is 18.3 Å². The number of nitrogens with zero attached hydrogens (tertiary/aromatic N) is 3. The predicted molar refractivity (Wildman–Crippen MR) is 90.8 cm³/mol. The number of hydrogen-bond donors (Lipinski definition) is 1. The van der Waals surface area contributed by atoms with Gasteiger partial charge in [-0.25, -0.2) is 4.98 Å². The van der Waals surface area contributed by atoms with Gasteiger partial charge in [0, 0.05) is 37.1 Å². The maximum absolute atomic E-state index is 13.2. The first-order chi connectivity index (χ1) is 12.3. The molecule has 4 rings (SSSR count). The van der Waals surface area contributed by atoms with E-state index in [1.807, 2.05) is 6.07 Å². The van der Waals surface area contributed by atoms with Gasteiger partial charge in [0.1, 0.15) is 0 Å². The number of pyridine rings is 2. The number of aliphatic hydroxyl groups is 1. The fourth-order valence-corrected chi connectivity index (χ4v) is 4.33. The zero-order chi connectivity index (χ0) is 18.5. The fraction of sp³-hybridized carbons (Fsp3) is 0.444. The molecule has 1 saturated heterocycles. The van der Waals surface area contributed by atoms with Crippen molar-refractivity contribution in [3.63, 3.8) is 0 Å². The lowest BCUT2D eigenvalue weighted by molar-refractivity contribution is -0.141. The number of hydrogen-bond acceptors (Lipinski definition) is 4. The topological polar surface area (TPSA) is 49.3 Å². The SMILES string of the molecule is OC(c1cccnc1)C1CC2(C1)CN(c1cc(Cl)cnc1C(F)(F)F)C2. The van der Waals surface area contributed by atoms with Crippen molar-refractivity contribution in [1.29, 1.82) is 0 Å². The number of anilines is 1. The van der Waals surface area contributed by atoms with Gasteiger partial charge in [-0.15, -0.1) is 0 Å². The Morgan fingerprint density at radius 1 is 1.27 bits per heavy atom. The second-order valence-corrected chi connectivity index (χ2v) is 7.71. The van der Waals surface area contributed by atoms with Crippen LogP contribution in [0.3, 0.4) is 0 Å². The minimum atomic E-state index is -4.51. The van der Waals surface area contributed by atoms with Crippen molar-refractivity contribution in [1.82, 2.24) is 9.97 Å². The molecule has 1 aliphatic carbocycles. The Balaban J connectivity index is 1.42. The number of aliphatic hydroxyl groups excluding tert-OH is 1. The summed E-state index contributed by atoms with van der Waals surface area (Å²) < 4.78 is 39.5. The van der Waals surface area contributed by atoms with Gasteiger partial charge >= 0.3 is 6.18 Å². The Kier molecular flexibility index (Phi) is 4.11. The molecule has 0 amide bonds. The van der Waals surface area contributed by atoms with Gasteiger partial charge in [-0.2, -0.15) is 13.2 Å². The number of aromatic nitrogens is 2. The van der Waals surface area contributed by atoms with Crippen molar-refractivity contribution in [3.8, 4) is 0 Å². The van der Waals surface area contributed by atoms with Crippen LogP contribution in [0.1, 0.15) is 30.2 Å². The maximum Gasteiger partial charge on any atom is 0.435 e. The van der Waals surface area contributed by atoms with Crippen LogP contribution >= 0.6 is 11.6 Å². The van der Waals surface area contributed by atoms with Crippen LogP contribution in [-0.4, -0.2) is 28.2 Å². The molecule has 2 aromatic rings. The van der Waals surface area contributed by atoms with Gasteiger partial charge in [-0.1, -0.05) is 17.7 Å². The lowest BCUT2D eigenvalue weighted by Gasteiger charge is -2.61. The first-order valence-corrected chi connectivity index (χ1v) is 8.71. The highest BCUT2D eigenvalue weighted by atomic mass is 35.5. The molecule has 1 unspecified atom stereocenters. The quantitative estimate of drug-likeness (QED) is 0.867. The molecule has 1 atom stereocenters. The summed E-state index contributed by atoms with van der Waals surface area (Å²) in [4.78, 5) is 9.17. The summed E-state index contributed by atoms with van der Waals surface area (Å²) in [5.41, 5.74) is -0.115. The molecule has 0 bridgehead atoms. The standard InChI is InChI=1S/C18H17ClF3N3O/c19-13-4-14(16(24-8-13)18(20,21)22)25-9-17(10-25)5-12(6-17)15(26)11-2-1-3-23-7-11/h1-4,7-8,12,15,26H,5-6,9-10H2. The zero-order valence-corrected chi connectivity index (χ0v) is 14.5. The Labute approximate surface area is 153 Å². The summed E-state index contributed by atoms with van der Waals surface area (Å²) in [5.74, 6) is 0.112. The largest absolute Gasteiger partial charge is 0.435 e. The third-order valence-corrected chi connectivity index (χ3v) is 5.57. The highest BCUT2D eigenvalue weighted by molar-refractivity contribution is 6.30. The summed E-state index contributed by atoms with van der Waals surface area (Å²) in [6.45, 7) is 1.04. The van der Waals surface area contributed by atoms with Crippen LogP contribution in [0.4, 0.5) is 18.9 Å². The molecule has 1 aliphatic heterocycles. The molecule has 8 heteroatoms. The molecule has 4 nitrogen and oxygen atoms in total. The van der Waals surface area contributed by atoms with Crippen LogP contribution in [0.5, 0.6) is 0 Å². The van der Waals surface area contributed by atoms with Crippen molar-refractivity contribution in [2.45, 2.75) is 25.1 Å². The summed E-state index contributed by atoms with van der Waals surface area (Å²) >= 11 is 5.85. The molecular weight excluding hydrogens is 367 g/mol. The van der Waals surface area contributed by atoms with Gasteiger partial charge in [-0.3, -0.25) is 4.98 Å². The van der Waals surface area contributed by atoms with Crippen molar-refractivity contribution in [2.24, 2.45) is 11.3 Å². The Hall–Kier alpha value is -1.86. The minimum absolute atomic E-state index is 0.0287. The Morgan fingerprint density at radius 2 is 2.00 bits per heavy atom. The van der Waals surface area contributed by atoms with E-state index in [1.54, 1.807) is 23.4 Å². The van der Waals surface area contributed by atoms with E-state index in [-0.39, 0.29) is 22.0 Å². The van der Waals surface area contributed by atoms with Crippen molar-refractivity contribution >= 4 is 17.3 Å². The van der Waals surface area contributed by atoms with Gasteiger partial charge in [0.25, 0.3) is 0 Å². The van der Waals surface area contributed by atoms with Gasteiger partial charge < -0.3 is 10.0 Å². The predicted octanol–water partition coefficient (Wildman–Crippen LogP) is 4.10.